The summed E-state index contributed by atoms with van der Waals surface area (Å²) in [6.07, 6.45) is -1.41. The summed E-state index contributed by atoms with van der Waals surface area (Å²) >= 11 is 0. The number of rotatable bonds is 3. The standard InChI is InChI=1S/C7H4F2N2O3/c8-7(9)6-4(3-12)1-10-2-5(6)11(13)14/h1-3,7H. The number of hydrogen-bond acceptors (Lipinski definition) is 4. The molecule has 0 radical (unpaired) electrons. The molecule has 1 heterocycles. The number of nitro groups is 1. The molecule has 0 spiro atoms. The Hall–Kier alpha value is -1.92. The molecule has 0 aliphatic heterocycles. The van der Waals surface area contributed by atoms with Crippen molar-refractivity contribution < 1.29 is 18.5 Å². The predicted octanol–water partition coefficient (Wildman–Crippen LogP) is 1.74. The van der Waals surface area contributed by atoms with Gasteiger partial charge in [0.15, 0.2) is 6.29 Å². The Morgan fingerprint density at radius 2 is 2.14 bits per heavy atom. The van der Waals surface area contributed by atoms with Crippen molar-refractivity contribution in [3.63, 3.8) is 0 Å². The van der Waals surface area contributed by atoms with Crippen LogP contribution in [0.1, 0.15) is 22.3 Å². The Kier molecular flexibility index (Phi) is 2.80. The molecule has 0 N–H and O–H groups in total. The highest BCUT2D eigenvalue weighted by Crippen LogP contribution is 2.30. The van der Waals surface area contributed by atoms with Gasteiger partial charge in [-0.2, -0.15) is 0 Å². The number of halogens is 2. The highest BCUT2D eigenvalue weighted by molar-refractivity contribution is 5.78. The molecule has 0 atom stereocenters. The zero-order chi connectivity index (χ0) is 10.7. The summed E-state index contributed by atoms with van der Waals surface area (Å²) in [6.45, 7) is 0. The molecule has 0 unspecified atom stereocenters. The van der Waals surface area contributed by atoms with Crippen molar-refractivity contribution in [3.8, 4) is 0 Å². The molecule has 74 valence electrons. The first-order valence-corrected chi connectivity index (χ1v) is 3.43. The summed E-state index contributed by atoms with van der Waals surface area (Å²) in [5.74, 6) is 0. The Balaban J connectivity index is 3.43. The van der Waals surface area contributed by atoms with Crippen molar-refractivity contribution >= 4 is 12.0 Å². The lowest BCUT2D eigenvalue weighted by molar-refractivity contribution is -0.386. The van der Waals surface area contributed by atoms with Gasteiger partial charge in [0.2, 0.25) is 0 Å². The average Bonchev–Trinajstić information content (AvgIpc) is 2.16. The van der Waals surface area contributed by atoms with Crippen LogP contribution >= 0.6 is 0 Å². The van der Waals surface area contributed by atoms with Gasteiger partial charge < -0.3 is 0 Å². The van der Waals surface area contributed by atoms with Crippen molar-refractivity contribution in [2.24, 2.45) is 0 Å². The summed E-state index contributed by atoms with van der Waals surface area (Å²) in [4.78, 5) is 22.9. The minimum absolute atomic E-state index is 0.113. The van der Waals surface area contributed by atoms with Crippen LogP contribution in [-0.4, -0.2) is 16.2 Å². The zero-order valence-electron chi connectivity index (χ0n) is 6.68. The quantitative estimate of drug-likeness (QED) is 0.425. The van der Waals surface area contributed by atoms with Gasteiger partial charge in [-0.1, -0.05) is 0 Å². The van der Waals surface area contributed by atoms with Gasteiger partial charge in [0.1, 0.15) is 11.8 Å². The Bertz CT molecular complexity index is 381. The van der Waals surface area contributed by atoms with Crippen LogP contribution in [0.25, 0.3) is 0 Å². The van der Waals surface area contributed by atoms with Gasteiger partial charge in [0, 0.05) is 11.8 Å². The van der Waals surface area contributed by atoms with Crippen LogP contribution in [0.15, 0.2) is 12.4 Å². The number of aromatic nitrogens is 1. The molecule has 0 saturated heterocycles. The molecule has 1 rings (SSSR count). The second-order valence-corrected chi connectivity index (χ2v) is 2.34. The van der Waals surface area contributed by atoms with E-state index in [1.54, 1.807) is 0 Å². The van der Waals surface area contributed by atoms with Crippen molar-refractivity contribution in [2.45, 2.75) is 6.43 Å². The Morgan fingerprint density at radius 3 is 2.57 bits per heavy atom. The monoisotopic (exact) mass is 202 g/mol. The number of carbonyl (C=O) groups excluding carboxylic acids is 1. The number of aldehydes is 1. The lowest BCUT2D eigenvalue weighted by Gasteiger charge is -2.02. The second kappa shape index (κ2) is 3.86. The third kappa shape index (κ3) is 1.70. The van der Waals surface area contributed by atoms with E-state index < -0.39 is 28.2 Å². The van der Waals surface area contributed by atoms with Crippen LogP contribution < -0.4 is 0 Å². The van der Waals surface area contributed by atoms with Crippen LogP contribution in [0.3, 0.4) is 0 Å². The van der Waals surface area contributed by atoms with E-state index in [0.717, 1.165) is 6.20 Å². The van der Waals surface area contributed by atoms with Gasteiger partial charge in [0.05, 0.1) is 4.92 Å². The average molecular weight is 202 g/mol. The van der Waals surface area contributed by atoms with E-state index in [1.165, 1.54) is 0 Å². The van der Waals surface area contributed by atoms with Crippen LogP contribution in [-0.2, 0) is 0 Å². The normalized spacial score (nSPS) is 10.2. The third-order valence-corrected chi connectivity index (χ3v) is 1.54. The first kappa shape index (κ1) is 10.2. The van der Waals surface area contributed by atoms with E-state index in [4.69, 9.17) is 0 Å². The first-order valence-electron chi connectivity index (χ1n) is 3.43. The molecule has 0 aromatic carbocycles. The fourth-order valence-corrected chi connectivity index (χ4v) is 0.952. The van der Waals surface area contributed by atoms with Crippen molar-refractivity contribution in [2.75, 3.05) is 0 Å². The van der Waals surface area contributed by atoms with Gasteiger partial charge in [-0.25, -0.2) is 8.78 Å². The minimum atomic E-state index is -3.07. The second-order valence-electron chi connectivity index (χ2n) is 2.34. The van der Waals surface area contributed by atoms with Crippen molar-refractivity contribution in [3.05, 3.63) is 33.6 Å². The predicted molar refractivity (Wildman–Crippen MR) is 41.2 cm³/mol. The number of nitrogens with zero attached hydrogens (tertiary/aromatic N) is 2. The summed E-state index contributed by atoms with van der Waals surface area (Å²) in [5, 5.41) is 10.3. The number of alkyl halides is 2. The maximum atomic E-state index is 12.3. The van der Waals surface area contributed by atoms with Gasteiger partial charge in [-0.3, -0.25) is 19.9 Å². The van der Waals surface area contributed by atoms with E-state index in [1.807, 2.05) is 0 Å². The van der Waals surface area contributed by atoms with E-state index in [0.29, 0.717) is 6.20 Å². The molecule has 5 nitrogen and oxygen atoms in total. The highest BCUT2D eigenvalue weighted by atomic mass is 19.3. The van der Waals surface area contributed by atoms with E-state index >= 15 is 0 Å². The molecule has 0 bridgehead atoms. The Labute approximate surface area is 76.5 Å². The molecular weight excluding hydrogens is 198 g/mol. The van der Waals surface area contributed by atoms with Gasteiger partial charge in [-0.05, 0) is 0 Å². The lowest BCUT2D eigenvalue weighted by atomic mass is 10.1. The molecule has 1 aromatic heterocycles. The molecule has 0 amide bonds. The molecule has 0 aliphatic carbocycles. The van der Waals surface area contributed by atoms with Gasteiger partial charge >= 0.3 is 0 Å². The molecule has 0 aliphatic rings. The molecule has 1 aromatic rings. The van der Waals surface area contributed by atoms with E-state index in [-0.39, 0.29) is 6.29 Å². The van der Waals surface area contributed by atoms with Gasteiger partial charge in [0.25, 0.3) is 12.1 Å². The van der Waals surface area contributed by atoms with Crippen LogP contribution in [0, 0.1) is 10.1 Å². The summed E-state index contributed by atoms with van der Waals surface area (Å²) < 4.78 is 24.7. The molecule has 0 saturated carbocycles. The highest BCUT2D eigenvalue weighted by Gasteiger charge is 2.25. The fraction of sp³-hybridized carbons (Fsp3) is 0.143. The summed E-state index contributed by atoms with van der Waals surface area (Å²) in [5.41, 5.74) is -2.20. The topological polar surface area (TPSA) is 73.1 Å². The number of carbonyl (C=O) groups is 1. The Morgan fingerprint density at radius 1 is 1.50 bits per heavy atom. The van der Waals surface area contributed by atoms with Gasteiger partial charge in [-0.15, -0.1) is 0 Å². The smallest absolute Gasteiger partial charge is 0.297 e. The van der Waals surface area contributed by atoms with Crippen molar-refractivity contribution in [1.82, 2.24) is 4.98 Å². The largest absolute Gasteiger partial charge is 0.298 e. The summed E-state index contributed by atoms with van der Waals surface area (Å²) in [7, 11) is 0. The first-order chi connectivity index (χ1) is 6.57. The van der Waals surface area contributed by atoms with E-state index in [2.05, 4.69) is 4.98 Å². The lowest BCUT2D eigenvalue weighted by Crippen LogP contribution is -2.01. The fourth-order valence-electron chi connectivity index (χ4n) is 0.952. The van der Waals surface area contributed by atoms with E-state index in [9.17, 15) is 23.7 Å². The maximum Gasteiger partial charge on any atom is 0.297 e. The molecular formula is C7H4F2N2O3. The number of hydrogen-bond donors (Lipinski definition) is 0. The summed E-state index contributed by atoms with van der Waals surface area (Å²) in [6, 6.07) is 0. The van der Waals surface area contributed by atoms with Crippen molar-refractivity contribution in [1.29, 1.82) is 0 Å². The van der Waals surface area contributed by atoms with Crippen LogP contribution in [0.2, 0.25) is 0 Å². The number of pyridine rings is 1. The maximum absolute atomic E-state index is 12.3. The molecule has 0 fully saturated rings. The molecule has 14 heavy (non-hydrogen) atoms. The SMILES string of the molecule is O=Cc1cncc([N+](=O)[O-])c1C(F)F. The molecule has 7 heteroatoms. The third-order valence-electron chi connectivity index (χ3n) is 1.54. The van der Waals surface area contributed by atoms with Crippen LogP contribution in [0.4, 0.5) is 14.5 Å². The zero-order valence-corrected chi connectivity index (χ0v) is 6.68. The van der Waals surface area contributed by atoms with Crippen LogP contribution in [0.5, 0.6) is 0 Å². The minimum Gasteiger partial charge on any atom is -0.298 e.